The van der Waals surface area contributed by atoms with E-state index >= 15 is 0 Å². The Morgan fingerprint density at radius 3 is 2.94 bits per heavy atom. The van der Waals surface area contributed by atoms with Gasteiger partial charge in [0.1, 0.15) is 0 Å². The van der Waals surface area contributed by atoms with Gasteiger partial charge in [-0.05, 0) is 18.6 Å². The maximum Gasteiger partial charge on any atom is 0.203 e. The van der Waals surface area contributed by atoms with E-state index in [1.807, 2.05) is 25.2 Å². The number of alkyl halides is 1. The van der Waals surface area contributed by atoms with Crippen molar-refractivity contribution in [1.82, 2.24) is 9.55 Å². The van der Waals surface area contributed by atoms with Crippen LogP contribution in [0.25, 0.3) is 11.0 Å². The van der Waals surface area contributed by atoms with Gasteiger partial charge >= 0.3 is 0 Å². The predicted molar refractivity (Wildman–Crippen MR) is 75.4 cm³/mol. The zero-order valence-corrected chi connectivity index (χ0v) is 11.3. The van der Waals surface area contributed by atoms with Crippen molar-refractivity contribution in [2.45, 2.75) is 6.42 Å². The highest BCUT2D eigenvalue weighted by atomic mass is 35.5. The summed E-state index contributed by atoms with van der Waals surface area (Å²) in [6, 6.07) is 8.11. The van der Waals surface area contributed by atoms with E-state index in [9.17, 15) is 0 Å². The van der Waals surface area contributed by atoms with Crippen molar-refractivity contribution in [3.63, 3.8) is 0 Å². The summed E-state index contributed by atoms with van der Waals surface area (Å²) in [5.74, 6) is 1.45. The molecule has 98 valence electrons. The number of para-hydroxylation sites is 2. The van der Waals surface area contributed by atoms with E-state index in [4.69, 9.17) is 16.3 Å². The Kier molecular flexibility index (Phi) is 4.84. The lowest BCUT2D eigenvalue weighted by Gasteiger charge is -2.06. The molecule has 0 bridgehead atoms. The third-order valence-corrected chi connectivity index (χ3v) is 2.91. The highest BCUT2D eigenvalue weighted by molar-refractivity contribution is 6.17. The van der Waals surface area contributed by atoms with Crippen LogP contribution in [-0.2, 0) is 11.8 Å². The molecule has 4 nitrogen and oxygen atoms in total. The number of anilines is 1. The zero-order valence-electron chi connectivity index (χ0n) is 10.5. The van der Waals surface area contributed by atoms with Gasteiger partial charge in [-0.15, -0.1) is 11.6 Å². The second-order valence-corrected chi connectivity index (χ2v) is 4.44. The number of halogens is 1. The Morgan fingerprint density at radius 1 is 1.33 bits per heavy atom. The van der Waals surface area contributed by atoms with Crippen molar-refractivity contribution in [3.05, 3.63) is 24.3 Å². The van der Waals surface area contributed by atoms with Crippen LogP contribution in [0.5, 0.6) is 0 Å². The first-order chi connectivity index (χ1) is 8.83. The van der Waals surface area contributed by atoms with Crippen LogP contribution in [0.15, 0.2) is 24.3 Å². The lowest BCUT2D eigenvalue weighted by molar-refractivity contribution is 0.149. The van der Waals surface area contributed by atoms with Crippen LogP contribution in [0, 0.1) is 0 Å². The van der Waals surface area contributed by atoms with Gasteiger partial charge in [-0.25, -0.2) is 4.98 Å². The number of benzene rings is 1. The molecular weight excluding hydrogens is 250 g/mol. The molecule has 18 heavy (non-hydrogen) atoms. The van der Waals surface area contributed by atoms with E-state index in [0.29, 0.717) is 12.5 Å². The fourth-order valence-electron chi connectivity index (χ4n) is 1.83. The van der Waals surface area contributed by atoms with Gasteiger partial charge in [-0.1, -0.05) is 12.1 Å². The van der Waals surface area contributed by atoms with E-state index in [1.54, 1.807) is 0 Å². The summed E-state index contributed by atoms with van der Waals surface area (Å²) in [4.78, 5) is 4.54. The van der Waals surface area contributed by atoms with Crippen molar-refractivity contribution in [2.24, 2.45) is 7.05 Å². The minimum absolute atomic E-state index is 0.554. The standard InChI is InChI=1S/C13H18ClN3O/c1-17-12-6-3-2-5-11(12)16-13(17)15-8-4-9-18-10-7-14/h2-3,5-6H,4,7-10H2,1H3,(H,15,16). The van der Waals surface area contributed by atoms with Gasteiger partial charge in [0.2, 0.25) is 5.95 Å². The third-order valence-electron chi connectivity index (χ3n) is 2.76. The SMILES string of the molecule is Cn1c(NCCCOCCCl)nc2ccccc21. The highest BCUT2D eigenvalue weighted by Crippen LogP contribution is 2.17. The zero-order chi connectivity index (χ0) is 12.8. The van der Waals surface area contributed by atoms with Crippen LogP contribution >= 0.6 is 11.6 Å². The van der Waals surface area contributed by atoms with Crippen molar-refractivity contribution in [1.29, 1.82) is 0 Å². The van der Waals surface area contributed by atoms with Crippen molar-refractivity contribution in [3.8, 4) is 0 Å². The second kappa shape index (κ2) is 6.61. The fraction of sp³-hybridized carbons (Fsp3) is 0.462. The summed E-state index contributed by atoms with van der Waals surface area (Å²) in [7, 11) is 2.02. The number of ether oxygens (including phenoxy) is 1. The van der Waals surface area contributed by atoms with Crippen LogP contribution in [0.4, 0.5) is 5.95 Å². The summed E-state index contributed by atoms with van der Waals surface area (Å²) in [6.45, 7) is 2.19. The van der Waals surface area contributed by atoms with Crippen LogP contribution < -0.4 is 5.32 Å². The first kappa shape index (κ1) is 13.2. The second-order valence-electron chi connectivity index (χ2n) is 4.06. The Labute approximate surface area is 112 Å². The quantitative estimate of drug-likeness (QED) is 0.619. The molecule has 0 aliphatic rings. The average molecular weight is 268 g/mol. The summed E-state index contributed by atoms with van der Waals surface area (Å²) < 4.78 is 7.38. The number of aromatic nitrogens is 2. The minimum atomic E-state index is 0.554. The van der Waals surface area contributed by atoms with Gasteiger partial charge in [-0.3, -0.25) is 0 Å². The molecule has 1 aromatic carbocycles. The molecule has 0 saturated heterocycles. The average Bonchev–Trinajstić information content (AvgIpc) is 2.71. The topological polar surface area (TPSA) is 39.1 Å². The molecule has 0 radical (unpaired) electrons. The van der Waals surface area contributed by atoms with Gasteiger partial charge in [0.15, 0.2) is 0 Å². The number of aryl methyl sites for hydroxylation is 1. The number of fused-ring (bicyclic) bond motifs is 1. The molecular formula is C13H18ClN3O. The lowest BCUT2D eigenvalue weighted by Crippen LogP contribution is -2.09. The molecule has 1 aromatic heterocycles. The summed E-state index contributed by atoms with van der Waals surface area (Å²) in [5, 5.41) is 3.32. The Balaban J connectivity index is 1.86. The van der Waals surface area contributed by atoms with Crippen molar-refractivity contribution < 1.29 is 4.74 Å². The Bertz CT molecular complexity index is 498. The number of nitrogens with one attached hydrogen (secondary N) is 1. The molecule has 0 amide bonds. The van der Waals surface area contributed by atoms with Gasteiger partial charge in [0.25, 0.3) is 0 Å². The number of rotatable bonds is 7. The largest absolute Gasteiger partial charge is 0.380 e. The van der Waals surface area contributed by atoms with E-state index < -0.39 is 0 Å². The highest BCUT2D eigenvalue weighted by Gasteiger charge is 2.05. The molecule has 1 heterocycles. The molecule has 0 spiro atoms. The number of hydrogen-bond acceptors (Lipinski definition) is 3. The molecule has 0 unspecified atom stereocenters. The number of nitrogens with zero attached hydrogens (tertiary/aromatic N) is 2. The minimum Gasteiger partial charge on any atom is -0.380 e. The molecule has 0 fully saturated rings. The lowest BCUT2D eigenvalue weighted by atomic mass is 10.3. The smallest absolute Gasteiger partial charge is 0.203 e. The molecule has 2 aromatic rings. The summed E-state index contributed by atoms with van der Waals surface area (Å²) in [5.41, 5.74) is 2.15. The normalized spacial score (nSPS) is 11.0. The summed E-state index contributed by atoms with van der Waals surface area (Å²) >= 11 is 5.52. The number of hydrogen-bond donors (Lipinski definition) is 1. The molecule has 0 aliphatic heterocycles. The molecule has 5 heteroatoms. The van der Waals surface area contributed by atoms with Gasteiger partial charge in [0, 0.05) is 26.1 Å². The van der Waals surface area contributed by atoms with Crippen LogP contribution in [-0.4, -0.2) is 35.2 Å². The summed E-state index contributed by atoms with van der Waals surface area (Å²) in [6.07, 6.45) is 0.945. The van der Waals surface area contributed by atoms with E-state index in [2.05, 4.69) is 20.9 Å². The van der Waals surface area contributed by atoms with E-state index in [1.165, 1.54) is 0 Å². The van der Waals surface area contributed by atoms with Gasteiger partial charge in [-0.2, -0.15) is 0 Å². The monoisotopic (exact) mass is 267 g/mol. The van der Waals surface area contributed by atoms with Crippen LogP contribution in [0.1, 0.15) is 6.42 Å². The number of imidazole rings is 1. The maximum atomic E-state index is 5.52. The molecule has 1 N–H and O–H groups in total. The third kappa shape index (κ3) is 3.15. The van der Waals surface area contributed by atoms with Gasteiger partial charge < -0.3 is 14.6 Å². The predicted octanol–water partition coefficient (Wildman–Crippen LogP) is 2.63. The molecule has 0 aliphatic carbocycles. The van der Waals surface area contributed by atoms with E-state index in [0.717, 1.165) is 36.6 Å². The van der Waals surface area contributed by atoms with Crippen LogP contribution in [0.2, 0.25) is 0 Å². The first-order valence-corrected chi connectivity index (χ1v) is 6.65. The molecule has 2 rings (SSSR count). The van der Waals surface area contributed by atoms with Crippen molar-refractivity contribution in [2.75, 3.05) is 31.0 Å². The van der Waals surface area contributed by atoms with Crippen LogP contribution in [0.3, 0.4) is 0 Å². The fourth-order valence-corrected chi connectivity index (χ4v) is 1.94. The first-order valence-electron chi connectivity index (χ1n) is 6.12. The van der Waals surface area contributed by atoms with Gasteiger partial charge in [0.05, 0.1) is 17.6 Å². The van der Waals surface area contributed by atoms with E-state index in [-0.39, 0.29) is 0 Å². The molecule has 0 saturated carbocycles. The maximum absolute atomic E-state index is 5.52. The Morgan fingerprint density at radius 2 is 2.17 bits per heavy atom. The molecule has 0 atom stereocenters. The Hall–Kier alpha value is -1.26. The van der Waals surface area contributed by atoms with Crippen molar-refractivity contribution >= 4 is 28.6 Å².